The summed E-state index contributed by atoms with van der Waals surface area (Å²) in [5.41, 5.74) is 0.854. The molecule has 1 aromatic heterocycles. The maximum absolute atomic E-state index is 13.7. The molecule has 0 amide bonds. The third kappa shape index (κ3) is 6.13. The monoisotopic (exact) mass is 568 g/mol. The van der Waals surface area contributed by atoms with Gasteiger partial charge < -0.3 is 4.42 Å². The number of para-hydroxylation sites is 1. The molecule has 4 aromatic carbocycles. The first-order valence-corrected chi connectivity index (χ1v) is 14.1. The Morgan fingerprint density at radius 1 is 0.854 bits per heavy atom. The van der Waals surface area contributed by atoms with Crippen molar-refractivity contribution in [2.24, 2.45) is 0 Å². The molecule has 206 valence electrons. The smallest absolute Gasteiger partial charge is 0.336 e. The Morgan fingerprint density at radius 2 is 1.46 bits per heavy atom. The van der Waals surface area contributed by atoms with Crippen LogP contribution in [0.3, 0.4) is 0 Å². The molecule has 0 aliphatic rings. The van der Waals surface area contributed by atoms with Gasteiger partial charge in [0.25, 0.3) is 5.69 Å². The van der Waals surface area contributed by atoms with Crippen LogP contribution in [0.1, 0.15) is 39.9 Å². The lowest BCUT2D eigenvalue weighted by Crippen LogP contribution is -2.34. The second-order valence-corrected chi connectivity index (χ2v) is 11.1. The van der Waals surface area contributed by atoms with Crippen molar-refractivity contribution >= 4 is 32.5 Å². The molecular formula is C31H24N2O7S. The van der Waals surface area contributed by atoms with Gasteiger partial charge in [-0.15, -0.1) is 0 Å². The molecule has 10 heteroatoms. The molecule has 1 N–H and O–H groups in total. The van der Waals surface area contributed by atoms with E-state index in [4.69, 9.17) is 4.42 Å². The zero-order valence-electron chi connectivity index (χ0n) is 21.5. The minimum absolute atomic E-state index is 0.139. The van der Waals surface area contributed by atoms with Crippen LogP contribution in [0.2, 0.25) is 0 Å². The van der Waals surface area contributed by atoms with Crippen LogP contribution in [0.15, 0.2) is 129 Å². The normalized spacial score (nSPS) is 13.0. The van der Waals surface area contributed by atoms with Gasteiger partial charge in [-0.05, 0) is 29.3 Å². The predicted octanol–water partition coefficient (Wildman–Crippen LogP) is 5.78. The molecule has 0 unspecified atom stereocenters. The van der Waals surface area contributed by atoms with Gasteiger partial charge in [0, 0.05) is 41.5 Å². The van der Waals surface area contributed by atoms with Crippen LogP contribution in [0.5, 0.6) is 0 Å². The molecule has 1 heterocycles. The fourth-order valence-electron chi connectivity index (χ4n) is 4.82. The van der Waals surface area contributed by atoms with E-state index in [-0.39, 0.29) is 22.8 Å². The van der Waals surface area contributed by atoms with Crippen molar-refractivity contribution in [1.82, 2.24) is 4.72 Å². The van der Waals surface area contributed by atoms with E-state index in [9.17, 15) is 28.1 Å². The summed E-state index contributed by atoms with van der Waals surface area (Å²) in [6, 6.07) is 29.0. The highest BCUT2D eigenvalue weighted by atomic mass is 32.2. The quantitative estimate of drug-likeness (QED) is 0.0976. The average molecular weight is 569 g/mol. The van der Waals surface area contributed by atoms with E-state index in [0.717, 1.165) is 24.3 Å². The number of nitrogens with one attached hydrogen (secondary N) is 1. The van der Waals surface area contributed by atoms with E-state index in [1.165, 1.54) is 6.07 Å². The van der Waals surface area contributed by atoms with Gasteiger partial charge in [0.15, 0.2) is 5.78 Å². The van der Waals surface area contributed by atoms with Crippen LogP contribution in [0, 0.1) is 10.1 Å². The second kappa shape index (κ2) is 11.7. The van der Waals surface area contributed by atoms with E-state index >= 15 is 0 Å². The van der Waals surface area contributed by atoms with Crippen LogP contribution in [-0.4, -0.2) is 19.1 Å². The highest BCUT2D eigenvalue weighted by Gasteiger charge is 2.33. The maximum atomic E-state index is 13.7. The number of hydrogen-bond donors (Lipinski definition) is 1. The number of nitrogens with zero attached hydrogens (tertiary/aromatic N) is 1. The summed E-state index contributed by atoms with van der Waals surface area (Å²) >= 11 is 0. The van der Waals surface area contributed by atoms with Gasteiger partial charge in [0.05, 0.1) is 15.9 Å². The lowest BCUT2D eigenvalue weighted by atomic mass is 9.82. The molecule has 0 fully saturated rings. The molecule has 5 aromatic rings. The second-order valence-electron chi connectivity index (χ2n) is 9.38. The molecule has 9 nitrogen and oxygen atoms in total. The minimum Gasteiger partial charge on any atom is -0.423 e. The van der Waals surface area contributed by atoms with Crippen LogP contribution < -0.4 is 10.3 Å². The largest absolute Gasteiger partial charge is 0.423 e. The van der Waals surface area contributed by atoms with Crippen LogP contribution in [0.4, 0.5) is 5.69 Å². The summed E-state index contributed by atoms with van der Waals surface area (Å²) in [7, 11) is -4.25. The van der Waals surface area contributed by atoms with Gasteiger partial charge in [0.1, 0.15) is 5.58 Å². The molecule has 5 rings (SSSR count). The number of fused-ring (bicyclic) bond motifs is 1. The van der Waals surface area contributed by atoms with Crippen LogP contribution >= 0.6 is 0 Å². The highest BCUT2D eigenvalue weighted by molar-refractivity contribution is 7.89. The molecular weight excluding hydrogens is 544 g/mol. The lowest BCUT2D eigenvalue weighted by molar-refractivity contribution is -0.384. The third-order valence-electron chi connectivity index (χ3n) is 6.78. The standard InChI is InChI=1S/C31H24N2O7S/c34-28(21-9-3-1-4-10-21)19-27(26-20-30(35)40-29-14-8-7-13-25(26)29)31(22-11-5-2-6-12-22)32-41(38,39)24-17-15-23(16-18-24)33(36)37/h1-18,20,27,31-32H,19H2/t27-,31+/m1/s1. The van der Waals surface area contributed by atoms with Crippen LogP contribution in [-0.2, 0) is 10.0 Å². The van der Waals surface area contributed by atoms with Crippen molar-refractivity contribution in [2.45, 2.75) is 23.3 Å². The van der Waals surface area contributed by atoms with Crippen molar-refractivity contribution < 1.29 is 22.6 Å². The number of nitro groups is 1. The topological polar surface area (TPSA) is 137 Å². The van der Waals surface area contributed by atoms with Crippen molar-refractivity contribution in [3.05, 3.63) is 152 Å². The van der Waals surface area contributed by atoms with Crippen LogP contribution in [0.25, 0.3) is 11.0 Å². The molecule has 0 bridgehead atoms. The maximum Gasteiger partial charge on any atom is 0.336 e. The summed E-state index contributed by atoms with van der Waals surface area (Å²) in [4.78, 5) is 36.5. The first kappa shape index (κ1) is 27.6. The summed E-state index contributed by atoms with van der Waals surface area (Å²) in [5, 5.41) is 11.7. The van der Waals surface area contributed by atoms with E-state index in [1.54, 1.807) is 84.9 Å². The van der Waals surface area contributed by atoms with E-state index < -0.39 is 32.5 Å². The number of rotatable bonds is 10. The number of carbonyl (C=O) groups excluding carboxylic acids is 1. The Labute approximate surface area is 235 Å². The zero-order valence-corrected chi connectivity index (χ0v) is 22.4. The Bertz CT molecular complexity index is 1870. The molecule has 2 atom stereocenters. The molecule has 0 spiro atoms. The number of non-ortho nitro benzene ring substituents is 1. The van der Waals surface area contributed by atoms with Gasteiger partial charge in [-0.1, -0.05) is 78.9 Å². The van der Waals surface area contributed by atoms with Gasteiger partial charge >= 0.3 is 5.63 Å². The molecule has 0 radical (unpaired) electrons. The first-order valence-electron chi connectivity index (χ1n) is 12.7. The Balaban J connectivity index is 1.67. The van der Waals surface area contributed by atoms with Gasteiger partial charge in [-0.3, -0.25) is 14.9 Å². The Hall–Kier alpha value is -4.93. The molecule has 0 saturated carbocycles. The number of carbonyl (C=O) groups is 1. The predicted molar refractivity (Wildman–Crippen MR) is 153 cm³/mol. The van der Waals surface area contributed by atoms with Gasteiger partial charge in [0.2, 0.25) is 10.0 Å². The summed E-state index contributed by atoms with van der Waals surface area (Å²) < 4.78 is 35.5. The molecule has 0 aliphatic heterocycles. The average Bonchev–Trinajstić information content (AvgIpc) is 2.99. The molecule has 41 heavy (non-hydrogen) atoms. The van der Waals surface area contributed by atoms with Gasteiger partial charge in [-0.2, -0.15) is 0 Å². The summed E-state index contributed by atoms with van der Waals surface area (Å²) in [5.74, 6) is -1.09. The Kier molecular flexibility index (Phi) is 7.86. The van der Waals surface area contributed by atoms with Gasteiger partial charge in [-0.25, -0.2) is 17.9 Å². The Morgan fingerprint density at radius 3 is 2.12 bits per heavy atom. The van der Waals surface area contributed by atoms with Crippen molar-refractivity contribution in [2.75, 3.05) is 0 Å². The SMILES string of the molecule is O=C(C[C@H](c1cc(=O)oc2ccccc12)[C@@H](NS(=O)(=O)c1ccc([N+](=O)[O-])cc1)c1ccccc1)c1ccccc1. The third-order valence-corrected chi connectivity index (χ3v) is 8.24. The van der Waals surface area contributed by atoms with E-state index in [0.29, 0.717) is 27.7 Å². The summed E-state index contributed by atoms with van der Waals surface area (Å²) in [6.45, 7) is 0. The minimum atomic E-state index is -4.25. The molecule has 0 saturated heterocycles. The number of nitro benzene ring substituents is 1. The highest BCUT2D eigenvalue weighted by Crippen LogP contribution is 2.39. The van der Waals surface area contributed by atoms with Crippen molar-refractivity contribution in [3.8, 4) is 0 Å². The zero-order chi connectivity index (χ0) is 29.0. The number of benzene rings is 4. The number of ketones is 1. The van der Waals surface area contributed by atoms with Crippen molar-refractivity contribution in [3.63, 3.8) is 0 Å². The fraction of sp³-hybridized carbons (Fsp3) is 0.0968. The fourth-order valence-corrected chi connectivity index (χ4v) is 6.08. The van der Waals surface area contributed by atoms with Crippen molar-refractivity contribution in [1.29, 1.82) is 0 Å². The van der Waals surface area contributed by atoms with E-state index in [2.05, 4.69) is 4.72 Å². The number of hydrogen-bond acceptors (Lipinski definition) is 7. The lowest BCUT2D eigenvalue weighted by Gasteiger charge is -2.29. The summed E-state index contributed by atoms with van der Waals surface area (Å²) in [6.07, 6.45) is -0.139. The van der Waals surface area contributed by atoms with E-state index in [1.807, 2.05) is 0 Å². The molecule has 0 aliphatic carbocycles. The first-order chi connectivity index (χ1) is 19.7. The number of Topliss-reactive ketones (excluding diaryl/α,β-unsaturated/α-hetero) is 1. The number of sulfonamides is 1.